The molecule has 0 aromatic carbocycles. The molecule has 12 heteroatoms. The molecule has 0 spiro atoms. The van der Waals surface area contributed by atoms with Gasteiger partial charge in [0.05, 0.1) is 19.1 Å². The van der Waals surface area contributed by atoms with Crippen molar-refractivity contribution in [2.45, 2.75) is 63.7 Å². The van der Waals surface area contributed by atoms with E-state index in [1.807, 2.05) is 0 Å². The lowest BCUT2D eigenvalue weighted by atomic mass is 10.0. The number of aliphatic carboxylic acids is 2. The van der Waals surface area contributed by atoms with E-state index in [-0.39, 0.29) is 25.3 Å². The van der Waals surface area contributed by atoms with Gasteiger partial charge in [0.15, 0.2) is 0 Å². The molecule has 3 amide bonds. The van der Waals surface area contributed by atoms with Crippen LogP contribution in [-0.2, 0) is 24.0 Å². The smallest absolute Gasteiger partial charge is 0.326 e. The molecule has 1 rings (SSSR count). The molecule has 30 heavy (non-hydrogen) atoms. The first-order valence-corrected chi connectivity index (χ1v) is 9.70. The zero-order valence-electron chi connectivity index (χ0n) is 17.0. The average Bonchev–Trinajstić information content (AvgIpc) is 3.13. The van der Waals surface area contributed by atoms with Crippen molar-refractivity contribution in [1.29, 1.82) is 0 Å². The lowest BCUT2D eigenvalue weighted by Crippen LogP contribution is -2.57. The Morgan fingerprint density at radius 1 is 1.10 bits per heavy atom. The molecule has 4 atom stereocenters. The van der Waals surface area contributed by atoms with Gasteiger partial charge < -0.3 is 36.6 Å². The number of carboxylic acids is 2. The van der Waals surface area contributed by atoms with E-state index in [0.29, 0.717) is 6.42 Å². The summed E-state index contributed by atoms with van der Waals surface area (Å²) in [6, 6.07) is -4.86. The number of nitrogens with zero attached hydrogens (tertiary/aromatic N) is 1. The van der Waals surface area contributed by atoms with E-state index in [1.54, 1.807) is 13.8 Å². The Kier molecular flexibility index (Phi) is 9.66. The van der Waals surface area contributed by atoms with Gasteiger partial charge in [0.1, 0.15) is 18.1 Å². The third kappa shape index (κ3) is 7.26. The minimum absolute atomic E-state index is 0.0124. The molecule has 0 aromatic heterocycles. The summed E-state index contributed by atoms with van der Waals surface area (Å²) in [5, 5.41) is 32.1. The van der Waals surface area contributed by atoms with Gasteiger partial charge in [-0.1, -0.05) is 13.8 Å². The summed E-state index contributed by atoms with van der Waals surface area (Å²) in [5.41, 5.74) is 5.60. The van der Waals surface area contributed by atoms with E-state index >= 15 is 0 Å². The van der Waals surface area contributed by atoms with Crippen LogP contribution in [0.3, 0.4) is 0 Å². The number of aliphatic hydroxyl groups excluding tert-OH is 1. The minimum Gasteiger partial charge on any atom is -0.481 e. The van der Waals surface area contributed by atoms with Crippen LogP contribution in [0.2, 0.25) is 0 Å². The molecule has 1 fully saturated rings. The zero-order chi connectivity index (χ0) is 23.0. The SMILES string of the molecule is CC(C)CC(NC(=O)C(CO)NC(=O)C1CCCN1C(=O)C(N)CC(=O)O)C(=O)O. The van der Waals surface area contributed by atoms with Gasteiger partial charge in [-0.15, -0.1) is 0 Å². The first-order valence-electron chi connectivity index (χ1n) is 9.70. The number of amides is 3. The summed E-state index contributed by atoms with van der Waals surface area (Å²) in [6.07, 6.45) is 0.342. The fourth-order valence-corrected chi connectivity index (χ4v) is 3.22. The van der Waals surface area contributed by atoms with Crippen molar-refractivity contribution in [2.75, 3.05) is 13.2 Å². The van der Waals surface area contributed by atoms with E-state index in [4.69, 9.17) is 10.8 Å². The fourth-order valence-electron chi connectivity index (χ4n) is 3.22. The van der Waals surface area contributed by atoms with Crippen molar-refractivity contribution in [1.82, 2.24) is 15.5 Å². The van der Waals surface area contributed by atoms with Crippen LogP contribution >= 0.6 is 0 Å². The average molecular weight is 430 g/mol. The van der Waals surface area contributed by atoms with Gasteiger partial charge in [-0.3, -0.25) is 19.2 Å². The molecule has 1 heterocycles. The van der Waals surface area contributed by atoms with Gasteiger partial charge in [-0.2, -0.15) is 0 Å². The number of nitrogens with one attached hydrogen (secondary N) is 2. The zero-order valence-corrected chi connectivity index (χ0v) is 17.0. The number of nitrogens with two attached hydrogens (primary N) is 1. The molecule has 1 saturated heterocycles. The molecular formula is C18H30N4O8. The second-order valence-corrected chi connectivity index (χ2v) is 7.67. The number of aliphatic hydroxyl groups is 1. The first-order chi connectivity index (χ1) is 14.0. The summed E-state index contributed by atoms with van der Waals surface area (Å²) >= 11 is 0. The van der Waals surface area contributed by atoms with Crippen molar-refractivity contribution in [3.05, 3.63) is 0 Å². The quantitative estimate of drug-likeness (QED) is 0.212. The molecule has 1 aliphatic heterocycles. The monoisotopic (exact) mass is 430 g/mol. The lowest BCUT2D eigenvalue weighted by Gasteiger charge is -2.28. The normalized spacial score (nSPS) is 19.1. The van der Waals surface area contributed by atoms with Crippen molar-refractivity contribution >= 4 is 29.7 Å². The van der Waals surface area contributed by atoms with Crippen molar-refractivity contribution in [3.8, 4) is 0 Å². The van der Waals surface area contributed by atoms with Crippen LogP contribution in [0.1, 0.15) is 39.5 Å². The standard InChI is InChI=1S/C18H30N4O8/c1-9(2)6-11(18(29)30)20-15(26)12(8-23)21-16(27)13-4-3-5-22(13)17(28)10(19)7-14(24)25/h9-13,23H,3-8,19H2,1-2H3,(H,20,26)(H,21,27)(H,24,25)(H,29,30). The fraction of sp³-hybridized carbons (Fsp3) is 0.722. The summed E-state index contributed by atoms with van der Waals surface area (Å²) in [4.78, 5) is 60.6. The highest BCUT2D eigenvalue weighted by molar-refractivity contribution is 5.95. The summed E-state index contributed by atoms with van der Waals surface area (Å²) in [7, 11) is 0. The first kappa shape index (κ1) is 25.3. The van der Waals surface area contributed by atoms with Crippen LogP contribution in [-0.4, -0.2) is 87.2 Å². The molecule has 0 bridgehead atoms. The Morgan fingerprint density at radius 3 is 2.23 bits per heavy atom. The Morgan fingerprint density at radius 2 is 1.73 bits per heavy atom. The molecule has 0 saturated carbocycles. The largest absolute Gasteiger partial charge is 0.481 e. The number of carbonyl (C=O) groups excluding carboxylic acids is 3. The number of carboxylic acid groups (broad SMARTS) is 2. The number of hydrogen-bond acceptors (Lipinski definition) is 7. The van der Waals surface area contributed by atoms with Gasteiger partial charge in [-0.05, 0) is 25.2 Å². The second kappa shape index (κ2) is 11.5. The molecule has 1 aliphatic rings. The Labute approximate surface area is 173 Å². The van der Waals surface area contributed by atoms with Crippen LogP contribution in [0.4, 0.5) is 0 Å². The minimum atomic E-state index is -1.41. The van der Waals surface area contributed by atoms with E-state index in [1.165, 1.54) is 0 Å². The highest BCUT2D eigenvalue weighted by Gasteiger charge is 2.38. The number of carbonyl (C=O) groups is 5. The topological polar surface area (TPSA) is 199 Å². The molecular weight excluding hydrogens is 400 g/mol. The molecule has 0 aliphatic carbocycles. The van der Waals surface area contributed by atoms with Gasteiger partial charge in [0.25, 0.3) is 0 Å². The predicted octanol–water partition coefficient (Wildman–Crippen LogP) is -2.13. The van der Waals surface area contributed by atoms with Gasteiger partial charge >= 0.3 is 11.9 Å². The third-order valence-electron chi connectivity index (χ3n) is 4.69. The van der Waals surface area contributed by atoms with Crippen LogP contribution in [0.5, 0.6) is 0 Å². The maximum absolute atomic E-state index is 12.6. The third-order valence-corrected chi connectivity index (χ3v) is 4.69. The maximum atomic E-state index is 12.6. The molecule has 12 nitrogen and oxygen atoms in total. The predicted molar refractivity (Wildman–Crippen MR) is 103 cm³/mol. The molecule has 4 unspecified atom stereocenters. The highest BCUT2D eigenvalue weighted by atomic mass is 16.4. The lowest BCUT2D eigenvalue weighted by molar-refractivity contribution is -0.144. The Hall–Kier alpha value is -2.73. The summed E-state index contributed by atoms with van der Waals surface area (Å²) < 4.78 is 0. The molecule has 7 N–H and O–H groups in total. The summed E-state index contributed by atoms with van der Waals surface area (Å²) in [5.74, 6) is -4.77. The van der Waals surface area contributed by atoms with Crippen LogP contribution in [0, 0.1) is 5.92 Å². The number of hydrogen-bond donors (Lipinski definition) is 6. The van der Waals surface area contributed by atoms with Crippen LogP contribution < -0.4 is 16.4 Å². The van der Waals surface area contributed by atoms with Gasteiger partial charge in [0, 0.05) is 6.54 Å². The van der Waals surface area contributed by atoms with Crippen LogP contribution in [0.25, 0.3) is 0 Å². The number of likely N-dealkylation sites (tertiary alicyclic amines) is 1. The molecule has 170 valence electrons. The Balaban J connectivity index is 2.79. The Bertz CT molecular complexity index is 669. The van der Waals surface area contributed by atoms with Crippen LogP contribution in [0.15, 0.2) is 0 Å². The van der Waals surface area contributed by atoms with E-state index in [0.717, 1.165) is 4.90 Å². The van der Waals surface area contributed by atoms with E-state index in [9.17, 15) is 34.2 Å². The van der Waals surface area contributed by atoms with Crippen molar-refractivity contribution < 1.29 is 39.3 Å². The van der Waals surface area contributed by atoms with E-state index in [2.05, 4.69) is 10.6 Å². The van der Waals surface area contributed by atoms with Gasteiger partial charge in [0.2, 0.25) is 17.7 Å². The summed E-state index contributed by atoms with van der Waals surface area (Å²) in [6.45, 7) is 3.00. The second-order valence-electron chi connectivity index (χ2n) is 7.67. The van der Waals surface area contributed by atoms with Crippen molar-refractivity contribution in [3.63, 3.8) is 0 Å². The highest BCUT2D eigenvalue weighted by Crippen LogP contribution is 2.19. The van der Waals surface area contributed by atoms with E-state index < -0.39 is 66.9 Å². The molecule has 0 radical (unpaired) electrons. The number of rotatable bonds is 11. The molecule has 0 aromatic rings. The van der Waals surface area contributed by atoms with Gasteiger partial charge in [-0.25, -0.2) is 4.79 Å². The maximum Gasteiger partial charge on any atom is 0.326 e. The van der Waals surface area contributed by atoms with Crippen molar-refractivity contribution in [2.24, 2.45) is 11.7 Å².